The Morgan fingerprint density at radius 2 is 2.06 bits per heavy atom. The predicted molar refractivity (Wildman–Crippen MR) is 64.0 cm³/mol. The van der Waals surface area contributed by atoms with Crippen LogP contribution >= 0.6 is 0 Å². The highest BCUT2D eigenvalue weighted by molar-refractivity contribution is 5.81. The largest absolute Gasteiger partial charge is 0.298 e. The molecule has 0 bridgehead atoms. The van der Waals surface area contributed by atoms with Gasteiger partial charge in [0.25, 0.3) is 0 Å². The van der Waals surface area contributed by atoms with Gasteiger partial charge in [-0.25, -0.2) is 0 Å². The molecule has 2 heteroatoms. The second-order valence-electron chi connectivity index (χ2n) is 4.02. The standard InChI is InChI=1S/C14H15NO/c16-14-9-5-11-15(12-14)10-4-8-13-6-2-1-3-7-13/h1-3,6-7H,5,9-12H2. The molecule has 2 rings (SSSR count). The Kier molecular flexibility index (Phi) is 3.74. The maximum Gasteiger partial charge on any atom is 0.146 e. The van der Waals surface area contributed by atoms with Crippen molar-refractivity contribution in [1.29, 1.82) is 0 Å². The molecule has 82 valence electrons. The summed E-state index contributed by atoms with van der Waals surface area (Å²) in [7, 11) is 0. The molecule has 0 N–H and O–H groups in total. The third kappa shape index (κ3) is 3.22. The monoisotopic (exact) mass is 213 g/mol. The number of benzene rings is 1. The minimum absolute atomic E-state index is 0.341. The number of piperidine rings is 1. The Bertz CT molecular complexity index is 413. The first-order chi connectivity index (χ1) is 7.84. The van der Waals surface area contributed by atoms with Crippen LogP contribution in [0.3, 0.4) is 0 Å². The zero-order valence-corrected chi connectivity index (χ0v) is 9.28. The smallest absolute Gasteiger partial charge is 0.146 e. The SMILES string of the molecule is O=C1CCCN(CC#Cc2ccccc2)C1. The van der Waals surface area contributed by atoms with E-state index in [-0.39, 0.29) is 0 Å². The van der Waals surface area contributed by atoms with Gasteiger partial charge >= 0.3 is 0 Å². The summed E-state index contributed by atoms with van der Waals surface area (Å²) in [5, 5.41) is 0. The molecule has 1 aliphatic rings. The molecule has 16 heavy (non-hydrogen) atoms. The van der Waals surface area contributed by atoms with Crippen molar-refractivity contribution in [1.82, 2.24) is 4.90 Å². The Labute approximate surface area is 96.3 Å². The summed E-state index contributed by atoms with van der Waals surface area (Å²) < 4.78 is 0. The van der Waals surface area contributed by atoms with Crippen LogP contribution in [0.5, 0.6) is 0 Å². The molecular weight excluding hydrogens is 198 g/mol. The van der Waals surface area contributed by atoms with Crippen LogP contribution in [-0.2, 0) is 4.79 Å². The van der Waals surface area contributed by atoms with E-state index >= 15 is 0 Å². The zero-order valence-electron chi connectivity index (χ0n) is 9.28. The number of hydrogen-bond acceptors (Lipinski definition) is 2. The van der Waals surface area contributed by atoms with Crippen LogP contribution in [0.2, 0.25) is 0 Å². The topological polar surface area (TPSA) is 20.3 Å². The first kappa shape index (κ1) is 10.9. The molecule has 1 aliphatic heterocycles. The van der Waals surface area contributed by atoms with Crippen LogP contribution in [-0.4, -0.2) is 30.3 Å². The van der Waals surface area contributed by atoms with Crippen molar-refractivity contribution in [2.24, 2.45) is 0 Å². The van der Waals surface area contributed by atoms with Gasteiger partial charge < -0.3 is 0 Å². The summed E-state index contributed by atoms with van der Waals surface area (Å²) in [5.74, 6) is 6.56. The number of carbonyl (C=O) groups excluding carboxylic acids is 1. The van der Waals surface area contributed by atoms with Gasteiger partial charge in [-0.3, -0.25) is 9.69 Å². The van der Waals surface area contributed by atoms with Gasteiger partial charge in [-0.2, -0.15) is 0 Å². The Hall–Kier alpha value is -1.59. The van der Waals surface area contributed by atoms with Crippen molar-refractivity contribution in [2.75, 3.05) is 19.6 Å². The van der Waals surface area contributed by atoms with Crippen LogP contribution in [0.1, 0.15) is 18.4 Å². The molecule has 0 radical (unpaired) electrons. The van der Waals surface area contributed by atoms with Gasteiger partial charge in [0.1, 0.15) is 5.78 Å². The molecule has 1 aromatic carbocycles. The Morgan fingerprint density at radius 3 is 2.81 bits per heavy atom. The van der Waals surface area contributed by atoms with Gasteiger partial charge in [0, 0.05) is 12.0 Å². The molecule has 1 heterocycles. The van der Waals surface area contributed by atoms with Crippen LogP contribution in [0.15, 0.2) is 30.3 Å². The number of hydrogen-bond donors (Lipinski definition) is 0. The van der Waals surface area contributed by atoms with E-state index in [0.717, 1.165) is 24.9 Å². The van der Waals surface area contributed by atoms with Crippen LogP contribution in [0, 0.1) is 11.8 Å². The fourth-order valence-corrected chi connectivity index (χ4v) is 1.82. The second-order valence-corrected chi connectivity index (χ2v) is 4.02. The molecular formula is C14H15NO. The van der Waals surface area contributed by atoms with Gasteiger partial charge in [-0.15, -0.1) is 0 Å². The molecule has 1 aromatic rings. The van der Waals surface area contributed by atoms with Crippen LogP contribution in [0.25, 0.3) is 0 Å². The normalized spacial score (nSPS) is 16.6. The maximum absolute atomic E-state index is 11.2. The third-order valence-electron chi connectivity index (χ3n) is 2.64. The third-order valence-corrected chi connectivity index (χ3v) is 2.64. The van der Waals surface area contributed by atoms with Gasteiger partial charge in [0.15, 0.2) is 0 Å². The first-order valence-corrected chi connectivity index (χ1v) is 5.62. The number of nitrogens with zero attached hydrogens (tertiary/aromatic N) is 1. The predicted octanol–water partition coefficient (Wildman–Crippen LogP) is 1.70. The molecule has 0 spiro atoms. The summed E-state index contributed by atoms with van der Waals surface area (Å²) in [6, 6.07) is 9.93. The number of rotatable bonds is 1. The summed E-state index contributed by atoms with van der Waals surface area (Å²) in [5.41, 5.74) is 1.03. The van der Waals surface area contributed by atoms with E-state index in [0.29, 0.717) is 18.9 Å². The van der Waals surface area contributed by atoms with Gasteiger partial charge in [0.05, 0.1) is 13.1 Å². The summed E-state index contributed by atoms with van der Waals surface area (Å²) in [6.45, 7) is 2.26. The van der Waals surface area contributed by atoms with Crippen molar-refractivity contribution in [2.45, 2.75) is 12.8 Å². The van der Waals surface area contributed by atoms with Crippen LogP contribution in [0.4, 0.5) is 0 Å². The van der Waals surface area contributed by atoms with Gasteiger partial charge in [-0.05, 0) is 25.1 Å². The zero-order chi connectivity index (χ0) is 11.2. The molecule has 2 nitrogen and oxygen atoms in total. The molecule has 0 atom stereocenters. The molecule has 0 saturated carbocycles. The molecule has 0 unspecified atom stereocenters. The minimum Gasteiger partial charge on any atom is -0.298 e. The molecule has 0 amide bonds. The lowest BCUT2D eigenvalue weighted by molar-refractivity contribution is -0.121. The maximum atomic E-state index is 11.2. The van der Waals surface area contributed by atoms with E-state index in [9.17, 15) is 4.79 Å². The lowest BCUT2D eigenvalue weighted by atomic mass is 10.1. The van der Waals surface area contributed by atoms with Crippen molar-refractivity contribution in [3.8, 4) is 11.8 Å². The Morgan fingerprint density at radius 1 is 1.25 bits per heavy atom. The van der Waals surface area contributed by atoms with E-state index < -0.39 is 0 Å². The quantitative estimate of drug-likeness (QED) is 0.662. The van der Waals surface area contributed by atoms with Crippen molar-refractivity contribution >= 4 is 5.78 Å². The van der Waals surface area contributed by atoms with E-state index in [1.807, 2.05) is 30.3 Å². The van der Waals surface area contributed by atoms with Crippen molar-refractivity contribution in [3.05, 3.63) is 35.9 Å². The van der Waals surface area contributed by atoms with Gasteiger partial charge in [0.2, 0.25) is 0 Å². The number of likely N-dealkylation sites (tertiary alicyclic amines) is 1. The molecule has 0 aromatic heterocycles. The van der Waals surface area contributed by atoms with E-state index in [2.05, 4.69) is 16.7 Å². The fourth-order valence-electron chi connectivity index (χ4n) is 1.82. The van der Waals surface area contributed by atoms with E-state index in [1.165, 1.54) is 0 Å². The molecule has 0 aliphatic carbocycles. The van der Waals surface area contributed by atoms with Crippen molar-refractivity contribution < 1.29 is 4.79 Å². The van der Waals surface area contributed by atoms with Crippen molar-refractivity contribution in [3.63, 3.8) is 0 Å². The highest BCUT2D eigenvalue weighted by Crippen LogP contribution is 2.04. The molecule has 1 fully saturated rings. The molecule has 1 saturated heterocycles. The first-order valence-electron chi connectivity index (χ1n) is 5.62. The number of ketones is 1. The summed E-state index contributed by atoms with van der Waals surface area (Å²) in [6.07, 6.45) is 1.72. The van der Waals surface area contributed by atoms with Crippen LogP contribution < -0.4 is 0 Å². The van der Waals surface area contributed by atoms with Gasteiger partial charge in [-0.1, -0.05) is 30.0 Å². The summed E-state index contributed by atoms with van der Waals surface area (Å²) in [4.78, 5) is 13.3. The fraction of sp³-hybridized carbons (Fsp3) is 0.357. The minimum atomic E-state index is 0.341. The Balaban J connectivity index is 1.87. The average molecular weight is 213 g/mol. The summed E-state index contributed by atoms with van der Waals surface area (Å²) >= 11 is 0. The number of Topliss-reactive ketones (excluding diaryl/α,β-unsaturated/α-hetero) is 1. The highest BCUT2D eigenvalue weighted by Gasteiger charge is 2.14. The lowest BCUT2D eigenvalue weighted by Gasteiger charge is -2.22. The average Bonchev–Trinajstić information content (AvgIpc) is 2.30. The van der Waals surface area contributed by atoms with E-state index in [4.69, 9.17) is 0 Å². The van der Waals surface area contributed by atoms with E-state index in [1.54, 1.807) is 0 Å². The number of carbonyl (C=O) groups is 1. The lowest BCUT2D eigenvalue weighted by Crippen LogP contribution is -2.35. The second kappa shape index (κ2) is 5.48. The highest BCUT2D eigenvalue weighted by atomic mass is 16.1.